The van der Waals surface area contributed by atoms with Gasteiger partial charge in [-0.15, -0.1) is 0 Å². The summed E-state index contributed by atoms with van der Waals surface area (Å²) in [6.07, 6.45) is 1.64. The molecule has 0 amide bonds. The molecule has 18 heavy (non-hydrogen) atoms. The monoisotopic (exact) mass is 307 g/mol. The first-order valence-corrected chi connectivity index (χ1v) is 6.46. The largest absolute Gasteiger partial charge is 0.399 e. The van der Waals surface area contributed by atoms with E-state index < -0.39 is 0 Å². The fraction of sp³-hybridized carbons (Fsp3) is 0.231. The van der Waals surface area contributed by atoms with Crippen LogP contribution < -0.4 is 5.73 Å². The van der Waals surface area contributed by atoms with Gasteiger partial charge in [-0.05, 0) is 53.5 Å². The van der Waals surface area contributed by atoms with E-state index in [9.17, 15) is 4.79 Å². The van der Waals surface area contributed by atoms with Crippen molar-refractivity contribution in [3.63, 3.8) is 0 Å². The summed E-state index contributed by atoms with van der Waals surface area (Å²) in [6, 6.07) is 5.30. The molecule has 2 aromatic rings. The molecule has 2 N–H and O–H groups in total. The molecule has 0 radical (unpaired) electrons. The number of rotatable bonds is 3. The van der Waals surface area contributed by atoms with Gasteiger partial charge in [-0.3, -0.25) is 9.48 Å². The van der Waals surface area contributed by atoms with Crippen LogP contribution >= 0.6 is 15.9 Å². The van der Waals surface area contributed by atoms with Crippen LogP contribution in [0.1, 0.15) is 28.5 Å². The average Bonchev–Trinajstić information content (AvgIpc) is 2.73. The van der Waals surface area contributed by atoms with Gasteiger partial charge in [0.05, 0.1) is 10.7 Å². The summed E-state index contributed by atoms with van der Waals surface area (Å²) in [7, 11) is 0. The summed E-state index contributed by atoms with van der Waals surface area (Å²) in [4.78, 5) is 12.4. The van der Waals surface area contributed by atoms with E-state index in [1.165, 1.54) is 0 Å². The van der Waals surface area contributed by atoms with Crippen molar-refractivity contribution in [1.29, 1.82) is 0 Å². The number of halogens is 1. The molecule has 1 heterocycles. The van der Waals surface area contributed by atoms with Crippen LogP contribution in [0.25, 0.3) is 0 Å². The Hall–Kier alpha value is -1.62. The number of hydrogen-bond acceptors (Lipinski definition) is 3. The maximum Gasteiger partial charge on any atom is 0.212 e. The second-order valence-corrected chi connectivity index (χ2v) is 4.91. The Morgan fingerprint density at radius 2 is 2.22 bits per heavy atom. The number of aryl methyl sites for hydroxylation is 2. The number of nitrogen functional groups attached to an aromatic ring is 1. The molecule has 4 nitrogen and oxygen atoms in total. The molecule has 0 fully saturated rings. The first kappa shape index (κ1) is 12.8. The maximum atomic E-state index is 12.4. The molecule has 2 rings (SSSR count). The van der Waals surface area contributed by atoms with E-state index in [0.717, 1.165) is 5.56 Å². The van der Waals surface area contributed by atoms with Crippen LogP contribution in [0.15, 0.2) is 28.9 Å². The number of nitrogens with zero attached hydrogens (tertiary/aromatic N) is 2. The Bertz CT molecular complexity index is 604. The van der Waals surface area contributed by atoms with E-state index in [2.05, 4.69) is 21.0 Å². The summed E-state index contributed by atoms with van der Waals surface area (Å²) < 4.78 is 2.39. The summed E-state index contributed by atoms with van der Waals surface area (Å²) in [5.74, 6) is -0.0516. The predicted octanol–water partition coefficient (Wildman–Crippen LogP) is 2.79. The van der Waals surface area contributed by atoms with Gasteiger partial charge in [0.1, 0.15) is 5.69 Å². The van der Waals surface area contributed by atoms with E-state index in [1.807, 2.05) is 13.8 Å². The van der Waals surface area contributed by atoms with Gasteiger partial charge in [0.25, 0.3) is 0 Å². The first-order chi connectivity index (χ1) is 8.54. The fourth-order valence-electron chi connectivity index (χ4n) is 1.78. The van der Waals surface area contributed by atoms with Crippen LogP contribution in [0.2, 0.25) is 0 Å². The van der Waals surface area contributed by atoms with E-state index in [-0.39, 0.29) is 5.78 Å². The highest BCUT2D eigenvalue weighted by molar-refractivity contribution is 9.10. The Morgan fingerprint density at radius 3 is 2.83 bits per heavy atom. The van der Waals surface area contributed by atoms with Crippen molar-refractivity contribution in [2.75, 3.05) is 5.73 Å². The van der Waals surface area contributed by atoms with Crippen molar-refractivity contribution in [2.24, 2.45) is 0 Å². The van der Waals surface area contributed by atoms with Crippen molar-refractivity contribution >= 4 is 27.4 Å². The summed E-state index contributed by atoms with van der Waals surface area (Å²) in [5.41, 5.74) is 8.54. The van der Waals surface area contributed by atoms with Crippen LogP contribution in [0.5, 0.6) is 0 Å². The Labute approximate surface area is 114 Å². The van der Waals surface area contributed by atoms with Gasteiger partial charge in [-0.2, -0.15) is 5.10 Å². The Balaban J connectivity index is 2.47. The van der Waals surface area contributed by atoms with Crippen LogP contribution in [0, 0.1) is 6.92 Å². The van der Waals surface area contributed by atoms with Crippen LogP contribution in [-0.4, -0.2) is 15.6 Å². The average molecular weight is 308 g/mol. The van der Waals surface area contributed by atoms with Crippen molar-refractivity contribution in [3.05, 3.63) is 45.7 Å². The number of carbonyl (C=O) groups is 1. The number of nitrogens with two attached hydrogens (primary N) is 1. The van der Waals surface area contributed by atoms with Crippen molar-refractivity contribution in [3.8, 4) is 0 Å². The summed E-state index contributed by atoms with van der Waals surface area (Å²) in [5, 5.41) is 4.15. The van der Waals surface area contributed by atoms with E-state index in [1.54, 1.807) is 29.1 Å². The van der Waals surface area contributed by atoms with Crippen LogP contribution in [0.4, 0.5) is 5.69 Å². The summed E-state index contributed by atoms with van der Waals surface area (Å²) in [6.45, 7) is 4.49. The number of ketones is 1. The van der Waals surface area contributed by atoms with Gasteiger partial charge in [-0.1, -0.05) is 0 Å². The second-order valence-electron chi connectivity index (χ2n) is 4.06. The van der Waals surface area contributed by atoms with Gasteiger partial charge in [-0.25, -0.2) is 0 Å². The van der Waals surface area contributed by atoms with Gasteiger partial charge in [0.15, 0.2) is 0 Å². The van der Waals surface area contributed by atoms with E-state index in [0.29, 0.717) is 28.0 Å². The highest BCUT2D eigenvalue weighted by Crippen LogP contribution is 2.21. The molecular formula is C13H14BrN3O. The molecule has 1 aromatic carbocycles. The highest BCUT2D eigenvalue weighted by Gasteiger charge is 2.18. The number of aromatic nitrogens is 2. The third kappa shape index (κ3) is 2.18. The lowest BCUT2D eigenvalue weighted by Crippen LogP contribution is -2.11. The molecule has 94 valence electrons. The van der Waals surface area contributed by atoms with Gasteiger partial charge < -0.3 is 5.73 Å². The fourth-order valence-corrected chi connectivity index (χ4v) is 2.26. The Morgan fingerprint density at radius 1 is 1.50 bits per heavy atom. The van der Waals surface area contributed by atoms with Crippen molar-refractivity contribution < 1.29 is 4.79 Å². The van der Waals surface area contributed by atoms with Crippen molar-refractivity contribution in [2.45, 2.75) is 20.4 Å². The molecular weight excluding hydrogens is 294 g/mol. The smallest absolute Gasteiger partial charge is 0.212 e. The standard InChI is InChI=1S/C13H14BrN3O/c1-3-17-12(10(14)7-16-17)13(18)9-4-5-11(15)8(2)6-9/h4-7H,3,15H2,1-2H3. The molecule has 0 aliphatic heterocycles. The molecule has 0 saturated heterocycles. The molecule has 0 bridgehead atoms. The SMILES string of the molecule is CCn1ncc(Br)c1C(=O)c1ccc(N)c(C)c1. The normalized spacial score (nSPS) is 10.6. The summed E-state index contributed by atoms with van der Waals surface area (Å²) >= 11 is 3.36. The number of carbonyl (C=O) groups excluding carboxylic acids is 1. The second kappa shape index (κ2) is 4.94. The zero-order valence-electron chi connectivity index (χ0n) is 10.3. The quantitative estimate of drug-likeness (QED) is 0.700. The molecule has 1 aromatic heterocycles. The zero-order valence-corrected chi connectivity index (χ0v) is 11.9. The molecule has 5 heteroatoms. The molecule has 0 aliphatic rings. The Kier molecular flexibility index (Phi) is 3.52. The lowest BCUT2D eigenvalue weighted by atomic mass is 10.0. The van der Waals surface area contributed by atoms with E-state index >= 15 is 0 Å². The minimum Gasteiger partial charge on any atom is -0.399 e. The zero-order chi connectivity index (χ0) is 13.3. The molecule has 0 aliphatic carbocycles. The lowest BCUT2D eigenvalue weighted by molar-refractivity contribution is 0.102. The van der Waals surface area contributed by atoms with Crippen molar-refractivity contribution in [1.82, 2.24) is 9.78 Å². The number of benzene rings is 1. The minimum absolute atomic E-state index is 0.0516. The van der Waals surface area contributed by atoms with Crippen LogP contribution in [-0.2, 0) is 6.54 Å². The van der Waals surface area contributed by atoms with Gasteiger partial charge in [0, 0.05) is 17.8 Å². The number of hydrogen-bond donors (Lipinski definition) is 1. The van der Waals surface area contributed by atoms with Gasteiger partial charge >= 0.3 is 0 Å². The van der Waals surface area contributed by atoms with Crippen LogP contribution in [0.3, 0.4) is 0 Å². The van der Waals surface area contributed by atoms with Gasteiger partial charge in [0.2, 0.25) is 5.78 Å². The predicted molar refractivity (Wildman–Crippen MR) is 74.6 cm³/mol. The van der Waals surface area contributed by atoms with E-state index in [4.69, 9.17) is 5.73 Å². The molecule has 0 atom stereocenters. The molecule has 0 unspecified atom stereocenters. The topological polar surface area (TPSA) is 60.9 Å². The third-order valence-corrected chi connectivity index (χ3v) is 3.42. The number of anilines is 1. The lowest BCUT2D eigenvalue weighted by Gasteiger charge is -2.07. The maximum absolute atomic E-state index is 12.4. The minimum atomic E-state index is -0.0516. The molecule has 0 spiro atoms. The molecule has 0 saturated carbocycles. The highest BCUT2D eigenvalue weighted by atomic mass is 79.9. The third-order valence-electron chi connectivity index (χ3n) is 2.84. The first-order valence-electron chi connectivity index (χ1n) is 5.66.